The lowest BCUT2D eigenvalue weighted by Gasteiger charge is -2.56. The quantitative estimate of drug-likeness (QED) is 0.836. The summed E-state index contributed by atoms with van der Waals surface area (Å²) >= 11 is 1.99. The van der Waals surface area contributed by atoms with Gasteiger partial charge < -0.3 is 5.32 Å². The third kappa shape index (κ3) is 1.63. The van der Waals surface area contributed by atoms with E-state index >= 15 is 0 Å². The molecule has 1 N–H and O–H groups in total. The van der Waals surface area contributed by atoms with Crippen LogP contribution in [0.2, 0.25) is 0 Å². The van der Waals surface area contributed by atoms with Crippen LogP contribution in [0.1, 0.15) is 48.8 Å². The van der Waals surface area contributed by atoms with Crippen LogP contribution in [-0.4, -0.2) is 13.1 Å². The third-order valence-electron chi connectivity index (χ3n) is 4.63. The van der Waals surface area contributed by atoms with Crippen molar-refractivity contribution in [2.75, 3.05) is 7.05 Å². The standard InChI is InChI=1S/C14H23NS/c1-5-14(6-2)11(9-13(14)15-4)12-8-7-10(3)16-12/h7-8,11,13,15H,5-6,9H2,1-4H3. The van der Waals surface area contributed by atoms with E-state index in [9.17, 15) is 0 Å². The zero-order valence-corrected chi connectivity index (χ0v) is 11.7. The molecule has 0 bridgehead atoms. The molecule has 2 atom stereocenters. The molecule has 1 saturated carbocycles. The molecular weight excluding hydrogens is 214 g/mol. The van der Waals surface area contributed by atoms with Crippen molar-refractivity contribution in [1.82, 2.24) is 5.32 Å². The molecule has 1 aliphatic rings. The highest BCUT2D eigenvalue weighted by atomic mass is 32.1. The molecule has 1 aliphatic carbocycles. The fourth-order valence-electron chi connectivity index (χ4n) is 3.47. The van der Waals surface area contributed by atoms with E-state index in [1.165, 1.54) is 24.1 Å². The summed E-state index contributed by atoms with van der Waals surface area (Å²) < 4.78 is 0. The van der Waals surface area contributed by atoms with Gasteiger partial charge in [-0.05, 0) is 50.8 Å². The summed E-state index contributed by atoms with van der Waals surface area (Å²) in [6, 6.07) is 5.33. The van der Waals surface area contributed by atoms with Gasteiger partial charge in [-0.3, -0.25) is 0 Å². The molecule has 0 saturated heterocycles. The first-order valence-electron chi connectivity index (χ1n) is 6.41. The minimum Gasteiger partial charge on any atom is -0.316 e. The smallest absolute Gasteiger partial charge is 0.0133 e. The molecule has 1 aromatic rings. The maximum atomic E-state index is 3.51. The minimum atomic E-state index is 0.506. The first-order chi connectivity index (χ1) is 7.67. The van der Waals surface area contributed by atoms with Crippen molar-refractivity contribution in [2.24, 2.45) is 5.41 Å². The Hall–Kier alpha value is -0.340. The predicted octanol–water partition coefficient (Wildman–Crippen LogP) is 3.94. The molecule has 2 rings (SSSR count). The summed E-state index contributed by atoms with van der Waals surface area (Å²) in [5, 5.41) is 3.51. The summed E-state index contributed by atoms with van der Waals surface area (Å²) in [4.78, 5) is 3.05. The molecule has 0 aromatic carbocycles. The monoisotopic (exact) mass is 237 g/mol. The molecule has 2 heteroatoms. The largest absolute Gasteiger partial charge is 0.316 e. The van der Waals surface area contributed by atoms with E-state index in [0.29, 0.717) is 5.41 Å². The van der Waals surface area contributed by atoms with Gasteiger partial charge in [0, 0.05) is 21.7 Å². The molecule has 1 fully saturated rings. The summed E-state index contributed by atoms with van der Waals surface area (Å²) in [5.74, 6) is 0.790. The normalized spacial score (nSPS) is 27.8. The number of aryl methyl sites for hydroxylation is 1. The van der Waals surface area contributed by atoms with Crippen molar-refractivity contribution in [3.63, 3.8) is 0 Å². The van der Waals surface area contributed by atoms with Crippen LogP contribution in [0.15, 0.2) is 12.1 Å². The number of thiophene rings is 1. The molecular formula is C14H23NS. The molecule has 1 nitrogen and oxygen atoms in total. The number of rotatable bonds is 4. The average Bonchev–Trinajstić information content (AvgIpc) is 2.66. The molecule has 90 valence electrons. The molecule has 0 amide bonds. The van der Waals surface area contributed by atoms with Crippen molar-refractivity contribution >= 4 is 11.3 Å². The van der Waals surface area contributed by atoms with E-state index in [4.69, 9.17) is 0 Å². The number of hydrogen-bond acceptors (Lipinski definition) is 2. The second-order valence-electron chi connectivity index (χ2n) is 5.02. The Bertz CT molecular complexity index is 351. The molecule has 16 heavy (non-hydrogen) atoms. The van der Waals surface area contributed by atoms with Crippen LogP contribution in [0.25, 0.3) is 0 Å². The molecule has 1 heterocycles. The Labute approximate surface area is 103 Å². The van der Waals surface area contributed by atoms with E-state index in [2.05, 4.69) is 45.3 Å². The first-order valence-corrected chi connectivity index (χ1v) is 7.23. The Balaban J connectivity index is 2.24. The highest BCUT2D eigenvalue weighted by Gasteiger charge is 2.52. The number of hydrogen-bond donors (Lipinski definition) is 1. The lowest BCUT2D eigenvalue weighted by molar-refractivity contribution is 0.0264. The van der Waals surface area contributed by atoms with Gasteiger partial charge in [-0.25, -0.2) is 0 Å². The number of nitrogens with one attached hydrogen (secondary N) is 1. The highest BCUT2D eigenvalue weighted by Crippen LogP contribution is 2.58. The SMILES string of the molecule is CCC1(CC)C(NC)CC1c1ccc(C)s1. The topological polar surface area (TPSA) is 12.0 Å². The van der Waals surface area contributed by atoms with Crippen molar-refractivity contribution in [3.05, 3.63) is 21.9 Å². The van der Waals surface area contributed by atoms with Gasteiger partial charge in [-0.1, -0.05) is 13.8 Å². The molecule has 1 aromatic heterocycles. The average molecular weight is 237 g/mol. The van der Waals surface area contributed by atoms with E-state index in [1.807, 2.05) is 11.3 Å². The maximum Gasteiger partial charge on any atom is 0.0133 e. The van der Waals surface area contributed by atoms with Crippen LogP contribution in [0.3, 0.4) is 0 Å². The summed E-state index contributed by atoms with van der Waals surface area (Å²) in [6.45, 7) is 6.91. The van der Waals surface area contributed by atoms with Crippen LogP contribution in [0.5, 0.6) is 0 Å². The summed E-state index contributed by atoms with van der Waals surface area (Å²) in [5.41, 5.74) is 0.506. The Morgan fingerprint density at radius 2 is 2.06 bits per heavy atom. The van der Waals surface area contributed by atoms with Gasteiger partial charge in [0.25, 0.3) is 0 Å². The van der Waals surface area contributed by atoms with Gasteiger partial charge in [0.2, 0.25) is 0 Å². The third-order valence-corrected chi connectivity index (χ3v) is 5.74. The predicted molar refractivity (Wildman–Crippen MR) is 72.3 cm³/mol. The van der Waals surface area contributed by atoms with Crippen molar-refractivity contribution in [1.29, 1.82) is 0 Å². The summed E-state index contributed by atoms with van der Waals surface area (Å²) in [7, 11) is 2.11. The second kappa shape index (κ2) is 4.50. The molecule has 0 spiro atoms. The molecule has 2 unspecified atom stereocenters. The second-order valence-corrected chi connectivity index (χ2v) is 6.34. The fraction of sp³-hybridized carbons (Fsp3) is 0.714. The zero-order chi connectivity index (χ0) is 11.8. The van der Waals surface area contributed by atoms with E-state index in [-0.39, 0.29) is 0 Å². The Kier molecular flexibility index (Phi) is 3.41. The fourth-order valence-corrected chi connectivity index (χ4v) is 4.59. The van der Waals surface area contributed by atoms with Gasteiger partial charge in [0.15, 0.2) is 0 Å². The van der Waals surface area contributed by atoms with Crippen LogP contribution >= 0.6 is 11.3 Å². The zero-order valence-electron chi connectivity index (χ0n) is 10.8. The maximum absolute atomic E-state index is 3.51. The van der Waals surface area contributed by atoms with E-state index < -0.39 is 0 Å². The van der Waals surface area contributed by atoms with Crippen molar-refractivity contribution < 1.29 is 0 Å². The van der Waals surface area contributed by atoms with Crippen molar-refractivity contribution in [2.45, 2.75) is 52.0 Å². The van der Waals surface area contributed by atoms with Gasteiger partial charge in [-0.2, -0.15) is 0 Å². The van der Waals surface area contributed by atoms with Crippen LogP contribution in [-0.2, 0) is 0 Å². The van der Waals surface area contributed by atoms with Crippen LogP contribution in [0, 0.1) is 12.3 Å². The lowest BCUT2D eigenvalue weighted by Crippen LogP contribution is -2.56. The van der Waals surface area contributed by atoms with Gasteiger partial charge in [0.05, 0.1) is 0 Å². The van der Waals surface area contributed by atoms with Gasteiger partial charge in [0.1, 0.15) is 0 Å². The lowest BCUT2D eigenvalue weighted by atomic mass is 9.53. The Morgan fingerprint density at radius 1 is 1.38 bits per heavy atom. The van der Waals surface area contributed by atoms with Gasteiger partial charge in [-0.15, -0.1) is 11.3 Å². The van der Waals surface area contributed by atoms with E-state index in [1.54, 1.807) is 4.88 Å². The molecule has 0 radical (unpaired) electrons. The Morgan fingerprint density at radius 3 is 2.50 bits per heavy atom. The highest BCUT2D eigenvalue weighted by molar-refractivity contribution is 7.12. The van der Waals surface area contributed by atoms with Crippen molar-refractivity contribution in [3.8, 4) is 0 Å². The van der Waals surface area contributed by atoms with Gasteiger partial charge >= 0.3 is 0 Å². The summed E-state index contributed by atoms with van der Waals surface area (Å²) in [6.07, 6.45) is 3.89. The molecule has 0 aliphatic heterocycles. The van der Waals surface area contributed by atoms with Crippen LogP contribution in [0.4, 0.5) is 0 Å². The van der Waals surface area contributed by atoms with E-state index in [0.717, 1.165) is 12.0 Å². The minimum absolute atomic E-state index is 0.506. The van der Waals surface area contributed by atoms with Crippen LogP contribution < -0.4 is 5.32 Å². The first kappa shape index (κ1) is 12.1.